The molecular weight excluding hydrogens is 337 g/mol. The van der Waals surface area contributed by atoms with E-state index in [1.807, 2.05) is 30.3 Å². The summed E-state index contributed by atoms with van der Waals surface area (Å²) in [6, 6.07) is 17.3. The highest BCUT2D eigenvalue weighted by Gasteiger charge is 2.48. The van der Waals surface area contributed by atoms with Crippen molar-refractivity contribution < 1.29 is 9.50 Å². The number of benzene rings is 2. The Kier molecular flexibility index (Phi) is 5.42. The topological polar surface area (TPSA) is 23.5 Å². The second-order valence-electron chi connectivity index (χ2n) is 8.01. The van der Waals surface area contributed by atoms with Crippen molar-refractivity contribution >= 4 is 6.08 Å². The summed E-state index contributed by atoms with van der Waals surface area (Å²) in [6.45, 7) is 1.71. The predicted molar refractivity (Wildman–Crippen MR) is 108 cm³/mol. The third-order valence-corrected chi connectivity index (χ3v) is 6.33. The molecule has 3 unspecified atom stereocenters. The van der Waals surface area contributed by atoms with E-state index in [-0.39, 0.29) is 17.8 Å². The van der Waals surface area contributed by atoms with Gasteiger partial charge in [0.2, 0.25) is 0 Å². The Labute approximate surface area is 161 Å². The standard InChI is InChI=1S/C24H28FNO/c25-21-13-11-20(12-14-21)23-22-10-4-5-15-24(22,27)16-18-26(23)17-6-9-19-7-2-1-3-8-19/h1-3,6-9,11-14,22-23,27H,4-5,10,15-18H2. The summed E-state index contributed by atoms with van der Waals surface area (Å²) in [4.78, 5) is 2.46. The lowest BCUT2D eigenvalue weighted by Gasteiger charge is -2.52. The van der Waals surface area contributed by atoms with Gasteiger partial charge >= 0.3 is 0 Å². The smallest absolute Gasteiger partial charge is 0.123 e. The van der Waals surface area contributed by atoms with Gasteiger partial charge in [0, 0.05) is 25.0 Å². The van der Waals surface area contributed by atoms with Crippen molar-refractivity contribution in [3.05, 3.63) is 77.6 Å². The Morgan fingerprint density at radius 1 is 1.04 bits per heavy atom. The third-order valence-electron chi connectivity index (χ3n) is 6.33. The van der Waals surface area contributed by atoms with Crippen molar-refractivity contribution in [2.45, 2.75) is 43.7 Å². The molecule has 2 aliphatic rings. The van der Waals surface area contributed by atoms with Crippen LogP contribution in [-0.2, 0) is 0 Å². The van der Waals surface area contributed by atoms with E-state index in [0.717, 1.165) is 44.3 Å². The summed E-state index contributed by atoms with van der Waals surface area (Å²) in [7, 11) is 0. The summed E-state index contributed by atoms with van der Waals surface area (Å²) >= 11 is 0. The van der Waals surface area contributed by atoms with Gasteiger partial charge in [-0.15, -0.1) is 0 Å². The molecule has 2 aromatic carbocycles. The largest absolute Gasteiger partial charge is 0.389 e. The first kappa shape index (κ1) is 18.4. The summed E-state index contributed by atoms with van der Waals surface area (Å²) in [6.07, 6.45) is 9.40. The van der Waals surface area contributed by atoms with E-state index < -0.39 is 5.60 Å². The van der Waals surface area contributed by atoms with Crippen LogP contribution in [-0.4, -0.2) is 28.7 Å². The maximum atomic E-state index is 13.5. The number of hydrogen-bond acceptors (Lipinski definition) is 2. The maximum absolute atomic E-state index is 13.5. The lowest BCUT2D eigenvalue weighted by molar-refractivity contribution is -0.122. The first-order chi connectivity index (χ1) is 13.2. The highest BCUT2D eigenvalue weighted by molar-refractivity contribution is 5.48. The third kappa shape index (κ3) is 3.99. The van der Waals surface area contributed by atoms with Gasteiger partial charge in [-0.3, -0.25) is 4.90 Å². The fraction of sp³-hybridized carbons (Fsp3) is 0.417. The van der Waals surface area contributed by atoms with Crippen molar-refractivity contribution in [3.63, 3.8) is 0 Å². The van der Waals surface area contributed by atoms with Gasteiger partial charge in [0.15, 0.2) is 0 Å². The van der Waals surface area contributed by atoms with Crippen molar-refractivity contribution in [3.8, 4) is 0 Å². The number of likely N-dealkylation sites (tertiary alicyclic amines) is 1. The minimum Gasteiger partial charge on any atom is -0.389 e. The normalized spacial score (nSPS) is 29.0. The average Bonchev–Trinajstić information content (AvgIpc) is 2.69. The second-order valence-corrected chi connectivity index (χ2v) is 8.01. The summed E-state index contributed by atoms with van der Waals surface area (Å²) in [5.74, 6) is 0.0135. The number of hydrogen-bond donors (Lipinski definition) is 1. The highest BCUT2D eigenvalue weighted by Crippen LogP contribution is 2.49. The van der Waals surface area contributed by atoms with Crippen molar-refractivity contribution in [2.75, 3.05) is 13.1 Å². The molecule has 0 aromatic heterocycles. The predicted octanol–water partition coefficient (Wildman–Crippen LogP) is 5.21. The first-order valence-electron chi connectivity index (χ1n) is 10.1. The molecule has 2 aromatic rings. The monoisotopic (exact) mass is 365 g/mol. The van der Waals surface area contributed by atoms with Crippen LogP contribution in [0.1, 0.15) is 49.3 Å². The number of fused-ring (bicyclic) bond motifs is 1. The Balaban J connectivity index is 1.58. The van der Waals surface area contributed by atoms with Crippen molar-refractivity contribution in [2.24, 2.45) is 5.92 Å². The minimum atomic E-state index is -0.572. The van der Waals surface area contributed by atoms with Crippen LogP contribution in [0.4, 0.5) is 4.39 Å². The van der Waals surface area contributed by atoms with E-state index in [1.54, 1.807) is 12.1 Å². The van der Waals surface area contributed by atoms with E-state index in [2.05, 4.69) is 29.2 Å². The zero-order valence-electron chi connectivity index (χ0n) is 15.7. The van der Waals surface area contributed by atoms with E-state index in [9.17, 15) is 9.50 Å². The van der Waals surface area contributed by atoms with Gasteiger partial charge in [0.05, 0.1) is 5.60 Å². The van der Waals surface area contributed by atoms with E-state index >= 15 is 0 Å². The zero-order valence-corrected chi connectivity index (χ0v) is 15.7. The molecule has 1 aliphatic carbocycles. The van der Waals surface area contributed by atoms with Gasteiger partial charge in [-0.2, -0.15) is 0 Å². The fourth-order valence-corrected chi connectivity index (χ4v) is 4.94. The molecule has 0 radical (unpaired) electrons. The van der Waals surface area contributed by atoms with Crippen molar-refractivity contribution in [1.82, 2.24) is 4.90 Å². The lowest BCUT2D eigenvalue weighted by Crippen LogP contribution is -2.54. The molecule has 1 saturated heterocycles. The Morgan fingerprint density at radius 3 is 2.59 bits per heavy atom. The van der Waals surface area contributed by atoms with Crippen LogP contribution < -0.4 is 0 Å². The van der Waals surface area contributed by atoms with Gasteiger partial charge in [0.1, 0.15) is 5.82 Å². The second kappa shape index (κ2) is 7.95. The molecule has 0 amide bonds. The maximum Gasteiger partial charge on any atom is 0.123 e. The summed E-state index contributed by atoms with van der Waals surface area (Å²) in [5, 5.41) is 11.3. The molecule has 3 atom stereocenters. The van der Waals surface area contributed by atoms with Gasteiger partial charge in [-0.25, -0.2) is 4.39 Å². The summed E-state index contributed by atoms with van der Waals surface area (Å²) in [5.41, 5.74) is 1.74. The van der Waals surface area contributed by atoms with Gasteiger partial charge in [-0.1, -0.05) is 67.5 Å². The molecule has 27 heavy (non-hydrogen) atoms. The van der Waals surface area contributed by atoms with Crippen LogP contribution in [0.15, 0.2) is 60.7 Å². The molecule has 1 N–H and O–H groups in total. The zero-order chi connectivity index (χ0) is 18.7. The molecule has 142 valence electrons. The van der Waals surface area contributed by atoms with Crippen LogP contribution in [0.5, 0.6) is 0 Å². The molecule has 2 fully saturated rings. The molecule has 1 aliphatic heterocycles. The molecule has 2 nitrogen and oxygen atoms in total. The first-order valence-corrected chi connectivity index (χ1v) is 10.1. The number of nitrogens with zero attached hydrogens (tertiary/aromatic N) is 1. The van der Waals surface area contributed by atoms with E-state index in [0.29, 0.717) is 0 Å². The lowest BCUT2D eigenvalue weighted by atomic mass is 9.66. The van der Waals surface area contributed by atoms with Gasteiger partial charge < -0.3 is 5.11 Å². The SMILES string of the molecule is OC12CCCCC1C(c1ccc(F)cc1)N(CC=Cc1ccccc1)CC2. The molecule has 0 bridgehead atoms. The molecule has 1 saturated carbocycles. The highest BCUT2D eigenvalue weighted by atomic mass is 19.1. The van der Waals surface area contributed by atoms with Crippen LogP contribution in [0.25, 0.3) is 6.08 Å². The number of aliphatic hydroxyl groups is 1. The molecule has 1 heterocycles. The van der Waals surface area contributed by atoms with Crippen molar-refractivity contribution in [1.29, 1.82) is 0 Å². The molecule has 0 spiro atoms. The van der Waals surface area contributed by atoms with Crippen LogP contribution in [0.2, 0.25) is 0 Å². The molecule has 3 heteroatoms. The number of piperidine rings is 1. The molecular formula is C24H28FNO. The summed E-state index contributed by atoms with van der Waals surface area (Å²) < 4.78 is 13.5. The Morgan fingerprint density at radius 2 is 1.81 bits per heavy atom. The minimum absolute atomic E-state index is 0.144. The quantitative estimate of drug-likeness (QED) is 0.804. The number of halogens is 1. The Bertz CT molecular complexity index is 773. The van der Waals surface area contributed by atoms with E-state index in [1.165, 1.54) is 12.0 Å². The van der Waals surface area contributed by atoms with Crippen LogP contribution >= 0.6 is 0 Å². The number of rotatable bonds is 4. The Hall–Kier alpha value is -1.97. The van der Waals surface area contributed by atoms with E-state index in [4.69, 9.17) is 0 Å². The van der Waals surface area contributed by atoms with Crippen LogP contribution in [0.3, 0.4) is 0 Å². The fourth-order valence-electron chi connectivity index (χ4n) is 4.94. The molecule has 4 rings (SSSR count). The average molecular weight is 365 g/mol. The van der Waals surface area contributed by atoms with Gasteiger partial charge in [-0.05, 0) is 42.5 Å². The van der Waals surface area contributed by atoms with Gasteiger partial charge in [0.25, 0.3) is 0 Å². The van der Waals surface area contributed by atoms with Crippen LogP contribution in [0, 0.1) is 11.7 Å².